The van der Waals surface area contributed by atoms with Gasteiger partial charge in [0.15, 0.2) is 0 Å². The summed E-state index contributed by atoms with van der Waals surface area (Å²) in [6, 6.07) is 10.1. The Morgan fingerprint density at radius 3 is 2.62 bits per heavy atom. The molecule has 16 heavy (non-hydrogen) atoms. The molecule has 1 heterocycles. The monoisotopic (exact) mass is 237 g/mol. The predicted molar refractivity (Wildman–Crippen MR) is 65.5 cm³/mol. The SMILES string of the molecule is O=C(SCc1ccccc1)N1CCOCC1. The van der Waals surface area contributed by atoms with Crippen molar-refractivity contribution >= 4 is 17.0 Å². The third-order valence-corrected chi connectivity index (χ3v) is 3.46. The summed E-state index contributed by atoms with van der Waals surface area (Å²) in [5.74, 6) is 0.747. The first kappa shape index (κ1) is 11.5. The molecule has 86 valence electrons. The Labute approximate surface area is 99.8 Å². The highest BCUT2D eigenvalue weighted by atomic mass is 32.2. The lowest BCUT2D eigenvalue weighted by atomic mass is 10.2. The van der Waals surface area contributed by atoms with E-state index in [1.54, 1.807) is 0 Å². The molecule has 0 atom stereocenters. The number of carbonyl (C=O) groups is 1. The molecule has 1 aliphatic heterocycles. The van der Waals surface area contributed by atoms with Crippen LogP contribution in [0.4, 0.5) is 4.79 Å². The Balaban J connectivity index is 1.79. The third-order valence-electron chi connectivity index (χ3n) is 2.47. The zero-order valence-corrected chi connectivity index (χ0v) is 9.91. The van der Waals surface area contributed by atoms with Crippen molar-refractivity contribution in [3.8, 4) is 0 Å². The van der Waals surface area contributed by atoms with Crippen LogP contribution in [0.25, 0.3) is 0 Å². The number of morpholine rings is 1. The maximum absolute atomic E-state index is 11.8. The maximum Gasteiger partial charge on any atom is 0.282 e. The maximum atomic E-state index is 11.8. The molecule has 1 saturated heterocycles. The standard InChI is InChI=1S/C12H15NO2S/c14-12(13-6-8-15-9-7-13)16-10-11-4-2-1-3-5-11/h1-5H,6-10H2. The summed E-state index contributed by atoms with van der Waals surface area (Å²) in [6.45, 7) is 2.77. The summed E-state index contributed by atoms with van der Waals surface area (Å²) in [7, 11) is 0. The summed E-state index contributed by atoms with van der Waals surface area (Å²) in [6.07, 6.45) is 0. The average molecular weight is 237 g/mol. The molecule has 0 aliphatic carbocycles. The van der Waals surface area contributed by atoms with Crippen LogP contribution in [-0.2, 0) is 10.5 Å². The van der Waals surface area contributed by atoms with Crippen LogP contribution in [-0.4, -0.2) is 36.4 Å². The van der Waals surface area contributed by atoms with Gasteiger partial charge in [0.25, 0.3) is 5.24 Å². The topological polar surface area (TPSA) is 29.5 Å². The van der Waals surface area contributed by atoms with Crippen molar-refractivity contribution in [2.24, 2.45) is 0 Å². The van der Waals surface area contributed by atoms with Crippen molar-refractivity contribution in [1.29, 1.82) is 0 Å². The summed E-state index contributed by atoms with van der Waals surface area (Å²) >= 11 is 1.37. The number of carbonyl (C=O) groups excluding carboxylic acids is 1. The van der Waals surface area contributed by atoms with Gasteiger partial charge in [0.2, 0.25) is 0 Å². The largest absolute Gasteiger partial charge is 0.378 e. The van der Waals surface area contributed by atoms with E-state index in [4.69, 9.17) is 4.74 Å². The molecular formula is C12H15NO2S. The van der Waals surface area contributed by atoms with Gasteiger partial charge < -0.3 is 9.64 Å². The van der Waals surface area contributed by atoms with Gasteiger partial charge in [0.1, 0.15) is 0 Å². The molecule has 0 spiro atoms. The van der Waals surface area contributed by atoms with Gasteiger partial charge in [-0.05, 0) is 5.56 Å². The molecule has 4 heteroatoms. The molecule has 1 amide bonds. The number of nitrogens with zero attached hydrogens (tertiary/aromatic N) is 1. The second-order valence-electron chi connectivity index (χ2n) is 3.64. The molecule has 3 nitrogen and oxygen atoms in total. The highest BCUT2D eigenvalue weighted by Gasteiger charge is 2.16. The van der Waals surface area contributed by atoms with E-state index in [0.717, 1.165) is 18.8 Å². The fraction of sp³-hybridized carbons (Fsp3) is 0.417. The van der Waals surface area contributed by atoms with Gasteiger partial charge in [-0.15, -0.1) is 0 Å². The average Bonchev–Trinajstić information content (AvgIpc) is 2.38. The number of rotatable bonds is 2. The van der Waals surface area contributed by atoms with E-state index in [9.17, 15) is 4.79 Å². The summed E-state index contributed by atoms with van der Waals surface area (Å²) in [4.78, 5) is 13.7. The number of benzene rings is 1. The van der Waals surface area contributed by atoms with Crippen molar-refractivity contribution in [3.05, 3.63) is 35.9 Å². The highest BCUT2D eigenvalue weighted by molar-refractivity contribution is 8.12. The second kappa shape index (κ2) is 5.92. The van der Waals surface area contributed by atoms with Crippen molar-refractivity contribution < 1.29 is 9.53 Å². The van der Waals surface area contributed by atoms with Crippen LogP contribution >= 0.6 is 11.8 Å². The summed E-state index contributed by atoms with van der Waals surface area (Å²) in [5, 5.41) is 0.159. The smallest absolute Gasteiger partial charge is 0.282 e. The molecule has 2 rings (SSSR count). The fourth-order valence-electron chi connectivity index (χ4n) is 1.56. The van der Waals surface area contributed by atoms with E-state index in [1.165, 1.54) is 17.3 Å². The van der Waals surface area contributed by atoms with E-state index in [0.29, 0.717) is 13.2 Å². The predicted octanol–water partition coefficient (Wildman–Crippen LogP) is 2.37. The number of thioether (sulfide) groups is 1. The number of ether oxygens (including phenoxy) is 1. The normalized spacial score (nSPS) is 16.1. The fourth-order valence-corrected chi connectivity index (χ4v) is 2.40. The Hall–Kier alpha value is -1.00. The lowest BCUT2D eigenvalue weighted by Gasteiger charge is -2.26. The minimum atomic E-state index is 0.159. The van der Waals surface area contributed by atoms with Crippen molar-refractivity contribution in [1.82, 2.24) is 4.90 Å². The number of amides is 1. The van der Waals surface area contributed by atoms with Crippen LogP contribution in [0.5, 0.6) is 0 Å². The van der Waals surface area contributed by atoms with Crippen molar-refractivity contribution in [2.75, 3.05) is 26.3 Å². The lowest BCUT2D eigenvalue weighted by Crippen LogP contribution is -2.38. The Bertz CT molecular complexity index is 336. The zero-order chi connectivity index (χ0) is 11.2. The first-order valence-electron chi connectivity index (χ1n) is 5.39. The van der Waals surface area contributed by atoms with Crippen molar-refractivity contribution in [2.45, 2.75) is 5.75 Å². The molecule has 0 N–H and O–H groups in total. The number of hydrogen-bond acceptors (Lipinski definition) is 3. The second-order valence-corrected chi connectivity index (χ2v) is 4.57. The Kier molecular flexibility index (Phi) is 4.25. The van der Waals surface area contributed by atoms with Crippen LogP contribution in [0.15, 0.2) is 30.3 Å². The number of hydrogen-bond donors (Lipinski definition) is 0. The van der Waals surface area contributed by atoms with Gasteiger partial charge in [-0.3, -0.25) is 4.79 Å². The van der Waals surface area contributed by atoms with E-state index in [-0.39, 0.29) is 5.24 Å². The van der Waals surface area contributed by atoms with E-state index in [2.05, 4.69) is 0 Å². The van der Waals surface area contributed by atoms with Crippen molar-refractivity contribution in [3.63, 3.8) is 0 Å². The molecular weight excluding hydrogens is 222 g/mol. The van der Waals surface area contributed by atoms with E-state index < -0.39 is 0 Å². The van der Waals surface area contributed by atoms with Gasteiger partial charge in [-0.1, -0.05) is 42.1 Å². The molecule has 1 aliphatic rings. The molecule has 1 aromatic carbocycles. The highest BCUT2D eigenvalue weighted by Crippen LogP contribution is 2.16. The van der Waals surface area contributed by atoms with Gasteiger partial charge in [0, 0.05) is 18.8 Å². The minimum absolute atomic E-state index is 0.159. The van der Waals surface area contributed by atoms with Crippen LogP contribution in [0.1, 0.15) is 5.56 Å². The first-order chi connectivity index (χ1) is 7.86. The molecule has 1 fully saturated rings. The minimum Gasteiger partial charge on any atom is -0.378 e. The lowest BCUT2D eigenvalue weighted by molar-refractivity contribution is 0.0593. The zero-order valence-electron chi connectivity index (χ0n) is 9.09. The summed E-state index contributed by atoms with van der Waals surface area (Å²) < 4.78 is 5.21. The first-order valence-corrected chi connectivity index (χ1v) is 6.38. The van der Waals surface area contributed by atoms with Gasteiger partial charge in [-0.25, -0.2) is 0 Å². The summed E-state index contributed by atoms with van der Waals surface area (Å²) in [5.41, 5.74) is 1.19. The van der Waals surface area contributed by atoms with Crippen LogP contribution in [0, 0.1) is 0 Å². The van der Waals surface area contributed by atoms with Gasteiger partial charge in [0.05, 0.1) is 13.2 Å². The van der Waals surface area contributed by atoms with E-state index >= 15 is 0 Å². The van der Waals surface area contributed by atoms with Crippen LogP contribution < -0.4 is 0 Å². The quantitative estimate of drug-likeness (QED) is 0.791. The van der Waals surface area contributed by atoms with Crippen LogP contribution in [0.2, 0.25) is 0 Å². The molecule has 0 bridgehead atoms. The Morgan fingerprint density at radius 1 is 1.25 bits per heavy atom. The van der Waals surface area contributed by atoms with E-state index in [1.807, 2.05) is 35.2 Å². The van der Waals surface area contributed by atoms with Crippen LogP contribution in [0.3, 0.4) is 0 Å². The molecule has 0 saturated carbocycles. The molecule has 0 aromatic heterocycles. The third kappa shape index (κ3) is 3.25. The van der Waals surface area contributed by atoms with Gasteiger partial charge >= 0.3 is 0 Å². The molecule has 0 unspecified atom stereocenters. The molecule has 0 radical (unpaired) electrons. The Morgan fingerprint density at radius 2 is 1.94 bits per heavy atom. The van der Waals surface area contributed by atoms with Gasteiger partial charge in [-0.2, -0.15) is 0 Å². The molecule has 1 aromatic rings.